The predicted molar refractivity (Wildman–Crippen MR) is 87.5 cm³/mol. The molecule has 122 valence electrons. The molecule has 1 heterocycles. The molecule has 0 aliphatic rings. The normalized spacial score (nSPS) is 10.4. The first kappa shape index (κ1) is 15.7. The number of halogens is 1. The van der Waals surface area contributed by atoms with Gasteiger partial charge < -0.3 is 14.6 Å². The van der Waals surface area contributed by atoms with Gasteiger partial charge in [-0.1, -0.05) is 17.3 Å². The highest BCUT2D eigenvalue weighted by Gasteiger charge is 2.15. The first-order chi connectivity index (χ1) is 11.7. The number of hydrogen-bond donors (Lipinski definition) is 1. The predicted octanol–water partition coefficient (Wildman–Crippen LogP) is 4.13. The fourth-order valence-electron chi connectivity index (χ4n) is 2.15. The molecule has 0 radical (unpaired) electrons. The van der Waals surface area contributed by atoms with Crippen molar-refractivity contribution in [2.24, 2.45) is 0 Å². The molecule has 2 aromatic carbocycles. The van der Waals surface area contributed by atoms with E-state index in [1.165, 1.54) is 18.2 Å². The van der Waals surface area contributed by atoms with Gasteiger partial charge in [0.15, 0.2) is 11.5 Å². The Hall–Kier alpha value is -3.15. The van der Waals surface area contributed by atoms with Crippen LogP contribution in [0.4, 0.5) is 10.1 Å². The maximum absolute atomic E-state index is 13.6. The average Bonchev–Trinajstić information content (AvgIpc) is 3.08. The molecule has 0 atom stereocenters. The van der Waals surface area contributed by atoms with Crippen molar-refractivity contribution in [3.8, 4) is 17.1 Å². The Labute approximate surface area is 138 Å². The highest BCUT2D eigenvalue weighted by molar-refractivity contribution is 6.03. The van der Waals surface area contributed by atoms with Crippen LogP contribution in [-0.4, -0.2) is 17.7 Å². The van der Waals surface area contributed by atoms with E-state index in [0.29, 0.717) is 12.4 Å². The van der Waals surface area contributed by atoms with Crippen LogP contribution in [0.2, 0.25) is 0 Å². The van der Waals surface area contributed by atoms with E-state index < -0.39 is 11.7 Å². The minimum atomic E-state index is -0.541. The van der Waals surface area contributed by atoms with Crippen LogP contribution in [0.5, 0.6) is 5.75 Å². The topological polar surface area (TPSA) is 64.4 Å². The number of benzene rings is 2. The van der Waals surface area contributed by atoms with Gasteiger partial charge in [0.25, 0.3) is 5.91 Å². The van der Waals surface area contributed by atoms with Gasteiger partial charge in [0.05, 0.1) is 12.3 Å². The van der Waals surface area contributed by atoms with Crippen LogP contribution in [0.15, 0.2) is 59.1 Å². The van der Waals surface area contributed by atoms with Crippen LogP contribution < -0.4 is 10.1 Å². The molecule has 3 aromatic rings. The standard InChI is InChI=1S/C18H15FN2O3/c1-2-23-13-9-7-12(8-10-13)17-11-16(21-24-17)18(22)20-15-6-4-3-5-14(15)19/h3-11H,2H2,1H3,(H,20,22). The summed E-state index contributed by atoms with van der Waals surface area (Å²) in [5.74, 6) is 0.136. The first-order valence-corrected chi connectivity index (χ1v) is 7.43. The summed E-state index contributed by atoms with van der Waals surface area (Å²) in [5, 5.41) is 6.20. The lowest BCUT2D eigenvalue weighted by atomic mass is 10.1. The SMILES string of the molecule is CCOc1ccc(-c2cc(C(=O)Nc3ccccc3F)no2)cc1. The van der Waals surface area contributed by atoms with Crippen LogP contribution in [0, 0.1) is 5.82 Å². The van der Waals surface area contributed by atoms with Crippen molar-refractivity contribution in [2.75, 3.05) is 11.9 Å². The summed E-state index contributed by atoms with van der Waals surface area (Å²) in [4.78, 5) is 12.1. The zero-order chi connectivity index (χ0) is 16.9. The third-order valence-electron chi connectivity index (χ3n) is 3.31. The molecule has 1 N–H and O–H groups in total. The molecule has 0 aliphatic carbocycles. The summed E-state index contributed by atoms with van der Waals surface area (Å²) in [6.45, 7) is 2.49. The molecule has 1 aromatic heterocycles. The maximum Gasteiger partial charge on any atom is 0.277 e. The molecule has 0 unspecified atom stereocenters. The van der Waals surface area contributed by atoms with Crippen LogP contribution >= 0.6 is 0 Å². The van der Waals surface area contributed by atoms with Gasteiger partial charge >= 0.3 is 0 Å². The van der Waals surface area contributed by atoms with Crippen molar-refractivity contribution in [2.45, 2.75) is 6.92 Å². The fourth-order valence-corrected chi connectivity index (χ4v) is 2.15. The second-order valence-electron chi connectivity index (χ2n) is 4.97. The zero-order valence-corrected chi connectivity index (χ0v) is 13.0. The Morgan fingerprint density at radius 3 is 2.67 bits per heavy atom. The van der Waals surface area contributed by atoms with Crippen molar-refractivity contribution >= 4 is 11.6 Å². The average molecular weight is 326 g/mol. The van der Waals surface area contributed by atoms with Crippen LogP contribution in [-0.2, 0) is 0 Å². The second kappa shape index (κ2) is 6.95. The first-order valence-electron chi connectivity index (χ1n) is 7.43. The lowest BCUT2D eigenvalue weighted by molar-refractivity contribution is 0.101. The molecule has 5 nitrogen and oxygen atoms in total. The fraction of sp³-hybridized carbons (Fsp3) is 0.111. The molecule has 0 saturated heterocycles. The highest BCUT2D eigenvalue weighted by Crippen LogP contribution is 2.24. The summed E-state index contributed by atoms with van der Waals surface area (Å²) in [5.41, 5.74) is 0.922. The van der Waals surface area contributed by atoms with Gasteiger partial charge in [-0.15, -0.1) is 0 Å². The Kier molecular flexibility index (Phi) is 4.56. The van der Waals surface area contributed by atoms with E-state index in [2.05, 4.69) is 10.5 Å². The van der Waals surface area contributed by atoms with Crippen LogP contribution in [0.1, 0.15) is 17.4 Å². The second-order valence-corrected chi connectivity index (χ2v) is 4.97. The van der Waals surface area contributed by atoms with Crippen molar-refractivity contribution in [1.82, 2.24) is 5.16 Å². The van der Waals surface area contributed by atoms with E-state index in [4.69, 9.17) is 9.26 Å². The van der Waals surface area contributed by atoms with Gasteiger partial charge in [-0.3, -0.25) is 4.79 Å². The number of carbonyl (C=O) groups is 1. The minimum absolute atomic E-state index is 0.0714. The van der Waals surface area contributed by atoms with Gasteiger partial charge in [0, 0.05) is 11.6 Å². The molecule has 0 aliphatic heterocycles. The quantitative estimate of drug-likeness (QED) is 0.765. The number of amides is 1. The number of anilines is 1. The molecule has 0 bridgehead atoms. The van der Waals surface area contributed by atoms with Gasteiger partial charge in [0.2, 0.25) is 0 Å². The molecule has 6 heteroatoms. The Morgan fingerprint density at radius 2 is 1.96 bits per heavy atom. The molecule has 0 saturated carbocycles. The lowest BCUT2D eigenvalue weighted by Gasteiger charge is -2.03. The largest absolute Gasteiger partial charge is 0.494 e. The third kappa shape index (κ3) is 3.43. The van der Waals surface area contributed by atoms with Gasteiger partial charge in [0.1, 0.15) is 11.6 Å². The number of ether oxygens (including phenoxy) is 1. The van der Waals surface area contributed by atoms with E-state index in [0.717, 1.165) is 11.3 Å². The smallest absolute Gasteiger partial charge is 0.277 e. The molecule has 0 fully saturated rings. The van der Waals surface area contributed by atoms with Gasteiger partial charge in [-0.25, -0.2) is 4.39 Å². The van der Waals surface area contributed by atoms with Crippen molar-refractivity contribution in [1.29, 1.82) is 0 Å². The molecular weight excluding hydrogens is 311 g/mol. The summed E-state index contributed by atoms with van der Waals surface area (Å²) >= 11 is 0. The summed E-state index contributed by atoms with van der Waals surface area (Å²) < 4.78 is 24.1. The van der Waals surface area contributed by atoms with Crippen molar-refractivity contribution in [3.05, 3.63) is 66.1 Å². The van der Waals surface area contributed by atoms with Gasteiger partial charge in [-0.05, 0) is 43.3 Å². The number of hydrogen-bond acceptors (Lipinski definition) is 4. The van der Waals surface area contributed by atoms with Crippen molar-refractivity contribution < 1.29 is 18.4 Å². The molecular formula is C18H15FN2O3. The zero-order valence-electron chi connectivity index (χ0n) is 13.0. The lowest BCUT2D eigenvalue weighted by Crippen LogP contribution is -2.13. The summed E-state index contributed by atoms with van der Waals surface area (Å²) in [7, 11) is 0. The van der Waals surface area contributed by atoms with Crippen LogP contribution in [0.3, 0.4) is 0 Å². The summed E-state index contributed by atoms with van der Waals surface area (Å²) in [6, 6.07) is 14.7. The number of rotatable bonds is 5. The van der Waals surface area contributed by atoms with E-state index in [9.17, 15) is 9.18 Å². The number of carbonyl (C=O) groups excluding carboxylic acids is 1. The molecule has 3 rings (SSSR count). The van der Waals surface area contributed by atoms with Gasteiger partial charge in [-0.2, -0.15) is 0 Å². The number of nitrogens with zero attached hydrogens (tertiary/aromatic N) is 1. The van der Waals surface area contributed by atoms with E-state index in [-0.39, 0.29) is 11.4 Å². The van der Waals surface area contributed by atoms with Crippen molar-refractivity contribution in [3.63, 3.8) is 0 Å². The third-order valence-corrected chi connectivity index (χ3v) is 3.31. The van der Waals surface area contributed by atoms with Crippen LogP contribution in [0.25, 0.3) is 11.3 Å². The number of nitrogens with one attached hydrogen (secondary N) is 1. The molecule has 1 amide bonds. The Morgan fingerprint density at radius 1 is 1.21 bits per heavy atom. The van der Waals surface area contributed by atoms with E-state index in [1.54, 1.807) is 24.3 Å². The summed E-state index contributed by atoms with van der Waals surface area (Å²) in [6.07, 6.45) is 0. The number of aromatic nitrogens is 1. The maximum atomic E-state index is 13.6. The Balaban J connectivity index is 1.75. The molecule has 24 heavy (non-hydrogen) atoms. The van der Waals surface area contributed by atoms with E-state index >= 15 is 0 Å². The Bertz CT molecular complexity index is 843. The minimum Gasteiger partial charge on any atom is -0.494 e. The highest BCUT2D eigenvalue weighted by atomic mass is 19.1. The van der Waals surface area contributed by atoms with E-state index in [1.807, 2.05) is 19.1 Å². The monoisotopic (exact) mass is 326 g/mol. The molecule has 0 spiro atoms. The number of para-hydroxylation sites is 1.